The number of hydrogen-bond donors (Lipinski definition) is 2. The summed E-state index contributed by atoms with van der Waals surface area (Å²) in [5.41, 5.74) is 0.0213. The van der Waals surface area contributed by atoms with Crippen molar-refractivity contribution in [2.75, 3.05) is 38.4 Å². The van der Waals surface area contributed by atoms with Gasteiger partial charge in [-0.15, -0.1) is 0 Å². The molecule has 2 N–H and O–H groups in total. The van der Waals surface area contributed by atoms with E-state index in [9.17, 15) is 23.3 Å². The summed E-state index contributed by atoms with van der Waals surface area (Å²) < 4.78 is 34.2. The van der Waals surface area contributed by atoms with E-state index in [1.807, 2.05) is 13.8 Å². The number of nitrogens with one attached hydrogen (secondary N) is 2. The van der Waals surface area contributed by atoms with Gasteiger partial charge < -0.3 is 20.1 Å². The molecule has 2 rings (SSSR count). The van der Waals surface area contributed by atoms with Crippen LogP contribution in [0.4, 0.5) is 11.4 Å². The fraction of sp³-hybridized carbons (Fsp3) is 0.381. The number of carbonyl (C=O) groups excluding carboxylic acids is 1. The summed E-state index contributed by atoms with van der Waals surface area (Å²) in [5, 5.41) is 17.0. The highest BCUT2D eigenvalue weighted by Crippen LogP contribution is 2.36. The van der Waals surface area contributed by atoms with Crippen LogP contribution in [-0.4, -0.2) is 52.3 Å². The predicted octanol–water partition coefficient (Wildman–Crippen LogP) is 3.54. The molecular weight excluding hydrogens is 474 g/mol. The van der Waals surface area contributed by atoms with Crippen LogP contribution in [0.15, 0.2) is 35.2 Å². The largest absolute Gasteiger partial charge is 0.493 e. The van der Waals surface area contributed by atoms with Crippen LogP contribution in [0.3, 0.4) is 0 Å². The standard InChI is InChI=1S/C21H26ClN3O7S/c1-13(2)12-32-20-16(22)9-14(10-19(20)31-3)21(26)24-8-7-23-17-6-5-15(33(4,29)30)11-18(17)25(27)28/h5-6,9-11,13,23H,7-8,12H2,1-4H3,(H,24,26). The minimum Gasteiger partial charge on any atom is -0.493 e. The van der Waals surface area contributed by atoms with Gasteiger partial charge in [0.1, 0.15) is 5.69 Å². The second kappa shape index (κ2) is 11.2. The molecule has 33 heavy (non-hydrogen) atoms. The summed E-state index contributed by atoms with van der Waals surface area (Å²) in [6.45, 7) is 4.71. The Labute approximate surface area is 197 Å². The number of nitrogens with zero attached hydrogens (tertiary/aromatic N) is 1. The van der Waals surface area contributed by atoms with Gasteiger partial charge in [-0.1, -0.05) is 25.4 Å². The van der Waals surface area contributed by atoms with Crippen molar-refractivity contribution in [3.8, 4) is 11.5 Å². The Kier molecular flexibility index (Phi) is 8.89. The zero-order valence-electron chi connectivity index (χ0n) is 18.7. The highest BCUT2D eigenvalue weighted by Gasteiger charge is 2.19. The van der Waals surface area contributed by atoms with Crippen molar-refractivity contribution in [1.29, 1.82) is 0 Å². The van der Waals surface area contributed by atoms with E-state index in [1.54, 1.807) is 0 Å². The van der Waals surface area contributed by atoms with Crippen LogP contribution in [-0.2, 0) is 9.84 Å². The van der Waals surface area contributed by atoms with E-state index in [4.69, 9.17) is 21.1 Å². The van der Waals surface area contributed by atoms with Gasteiger partial charge in [-0.25, -0.2) is 8.42 Å². The Morgan fingerprint density at radius 3 is 2.48 bits per heavy atom. The molecule has 0 spiro atoms. The molecular formula is C21H26ClN3O7S. The van der Waals surface area contributed by atoms with Gasteiger partial charge in [0.2, 0.25) is 0 Å². The van der Waals surface area contributed by atoms with E-state index in [2.05, 4.69) is 10.6 Å². The molecule has 0 radical (unpaired) electrons. The van der Waals surface area contributed by atoms with Crippen molar-refractivity contribution < 1.29 is 27.6 Å². The first-order chi connectivity index (χ1) is 15.4. The van der Waals surface area contributed by atoms with E-state index in [1.165, 1.54) is 31.4 Å². The predicted molar refractivity (Wildman–Crippen MR) is 125 cm³/mol. The number of nitro benzene ring substituents is 1. The number of halogens is 1. The van der Waals surface area contributed by atoms with Crippen LogP contribution in [0.2, 0.25) is 5.02 Å². The molecule has 180 valence electrons. The van der Waals surface area contributed by atoms with E-state index < -0.39 is 20.7 Å². The number of carbonyl (C=O) groups is 1. The lowest BCUT2D eigenvalue weighted by Gasteiger charge is -2.15. The summed E-state index contributed by atoms with van der Waals surface area (Å²) in [4.78, 5) is 23.0. The van der Waals surface area contributed by atoms with Gasteiger partial charge in [0.15, 0.2) is 21.3 Å². The molecule has 0 bridgehead atoms. The molecule has 0 heterocycles. The molecule has 0 aliphatic rings. The van der Waals surface area contributed by atoms with Crippen molar-refractivity contribution in [2.24, 2.45) is 5.92 Å². The van der Waals surface area contributed by atoms with Gasteiger partial charge in [0.05, 0.1) is 28.6 Å². The molecule has 0 fully saturated rings. The summed E-state index contributed by atoms with van der Waals surface area (Å²) >= 11 is 6.27. The van der Waals surface area contributed by atoms with Gasteiger partial charge in [-0.3, -0.25) is 14.9 Å². The zero-order chi connectivity index (χ0) is 24.8. The lowest BCUT2D eigenvalue weighted by Crippen LogP contribution is -2.29. The van der Waals surface area contributed by atoms with Crippen LogP contribution in [0.1, 0.15) is 24.2 Å². The zero-order valence-corrected chi connectivity index (χ0v) is 20.2. The number of methoxy groups -OCH3 is 1. The smallest absolute Gasteiger partial charge is 0.293 e. The van der Waals surface area contributed by atoms with Crippen molar-refractivity contribution in [3.63, 3.8) is 0 Å². The Morgan fingerprint density at radius 1 is 1.21 bits per heavy atom. The average Bonchev–Trinajstić information content (AvgIpc) is 2.74. The van der Waals surface area contributed by atoms with Gasteiger partial charge in [-0.2, -0.15) is 0 Å². The number of nitro groups is 1. The molecule has 0 saturated heterocycles. The van der Waals surface area contributed by atoms with Crippen molar-refractivity contribution in [2.45, 2.75) is 18.7 Å². The summed E-state index contributed by atoms with van der Waals surface area (Å²) in [6.07, 6.45) is 0.971. The summed E-state index contributed by atoms with van der Waals surface area (Å²) in [7, 11) is -2.14. The number of hydrogen-bond acceptors (Lipinski definition) is 8. The number of sulfone groups is 1. The highest BCUT2D eigenvalue weighted by atomic mass is 35.5. The molecule has 0 atom stereocenters. The van der Waals surface area contributed by atoms with Crippen molar-refractivity contribution in [1.82, 2.24) is 5.32 Å². The number of amides is 1. The Balaban J connectivity index is 2.03. The fourth-order valence-electron chi connectivity index (χ4n) is 2.76. The van der Waals surface area contributed by atoms with E-state index in [0.29, 0.717) is 18.1 Å². The minimum absolute atomic E-state index is 0.134. The molecule has 0 unspecified atom stereocenters. The van der Waals surface area contributed by atoms with Gasteiger partial charge >= 0.3 is 0 Å². The second-order valence-electron chi connectivity index (χ2n) is 7.59. The molecule has 2 aromatic carbocycles. The van der Waals surface area contributed by atoms with Crippen LogP contribution in [0, 0.1) is 16.0 Å². The molecule has 0 aromatic heterocycles. The van der Waals surface area contributed by atoms with E-state index >= 15 is 0 Å². The fourth-order valence-corrected chi connectivity index (χ4v) is 3.67. The van der Waals surface area contributed by atoms with Gasteiger partial charge in [0.25, 0.3) is 11.6 Å². The number of anilines is 1. The minimum atomic E-state index is -3.58. The first-order valence-corrected chi connectivity index (χ1v) is 12.2. The molecule has 2 aromatic rings. The lowest BCUT2D eigenvalue weighted by molar-refractivity contribution is -0.384. The molecule has 1 amide bonds. The molecule has 10 nitrogen and oxygen atoms in total. The maximum absolute atomic E-state index is 12.5. The second-order valence-corrected chi connectivity index (χ2v) is 10.0. The average molecular weight is 500 g/mol. The first kappa shape index (κ1) is 26.2. The van der Waals surface area contributed by atoms with Crippen LogP contribution >= 0.6 is 11.6 Å². The normalized spacial score (nSPS) is 11.2. The maximum Gasteiger partial charge on any atom is 0.293 e. The molecule has 12 heteroatoms. The Bertz CT molecular complexity index is 1140. The highest BCUT2D eigenvalue weighted by molar-refractivity contribution is 7.90. The van der Waals surface area contributed by atoms with E-state index in [-0.39, 0.29) is 45.9 Å². The third kappa shape index (κ3) is 7.22. The van der Waals surface area contributed by atoms with Crippen molar-refractivity contribution in [3.05, 3.63) is 51.0 Å². The molecule has 0 aliphatic carbocycles. The molecule has 0 saturated carbocycles. The monoisotopic (exact) mass is 499 g/mol. The van der Waals surface area contributed by atoms with Crippen molar-refractivity contribution >= 4 is 38.7 Å². The van der Waals surface area contributed by atoms with Gasteiger partial charge in [0, 0.05) is 31.0 Å². The first-order valence-electron chi connectivity index (χ1n) is 9.95. The summed E-state index contributed by atoms with van der Waals surface area (Å²) in [5.74, 6) is 0.540. The third-order valence-corrected chi connectivity index (χ3v) is 5.76. The molecule has 0 aliphatic heterocycles. The Morgan fingerprint density at radius 2 is 1.91 bits per heavy atom. The van der Waals surface area contributed by atoms with E-state index in [0.717, 1.165) is 12.3 Å². The Hall–Kier alpha value is -3.05. The number of rotatable bonds is 11. The lowest BCUT2D eigenvalue weighted by atomic mass is 10.1. The number of benzene rings is 2. The third-order valence-electron chi connectivity index (χ3n) is 4.37. The van der Waals surface area contributed by atoms with Gasteiger partial charge in [-0.05, 0) is 30.2 Å². The topological polar surface area (TPSA) is 137 Å². The van der Waals surface area contributed by atoms with Crippen LogP contribution < -0.4 is 20.1 Å². The quantitative estimate of drug-likeness (QED) is 0.272. The SMILES string of the molecule is COc1cc(C(=O)NCCNc2ccc(S(C)(=O)=O)cc2[N+](=O)[O-])cc(Cl)c1OCC(C)C. The van der Waals surface area contributed by atoms with Crippen LogP contribution in [0.25, 0.3) is 0 Å². The maximum atomic E-state index is 12.5. The summed E-state index contributed by atoms with van der Waals surface area (Å²) in [6, 6.07) is 6.57. The van der Waals surface area contributed by atoms with Crippen LogP contribution in [0.5, 0.6) is 11.5 Å². The number of ether oxygens (including phenoxy) is 2.